The van der Waals surface area contributed by atoms with Crippen LogP contribution in [0.15, 0.2) is 114 Å². The maximum atomic E-state index is 9.55. The zero-order chi connectivity index (χ0) is 24.2. The van der Waals surface area contributed by atoms with Gasteiger partial charge in [-0.05, 0) is 89.6 Å². The molecule has 1 aliphatic rings. The molecule has 4 aromatic carbocycles. The second-order valence-corrected chi connectivity index (χ2v) is 8.85. The molecule has 0 saturated carbocycles. The van der Waals surface area contributed by atoms with Crippen molar-refractivity contribution in [1.82, 2.24) is 0 Å². The standard InChI is InChI=1S/C32H27N3/c1-22-8-2-5-15-32(22)35-27-12-7-10-25(20-27)24-9-6-11-26(19-24)30-18-23(21-33)16-17-28(30)29-13-3-4-14-31(29)34/h2-4,6-14,16-20,35H,5,15,34H2,1H3. The molecule has 5 rings (SSSR count). The fraction of sp³-hybridized carbons (Fsp3) is 0.0938. The highest BCUT2D eigenvalue weighted by Gasteiger charge is 2.12. The van der Waals surface area contributed by atoms with E-state index in [1.165, 1.54) is 11.3 Å². The van der Waals surface area contributed by atoms with Crippen LogP contribution in [-0.4, -0.2) is 0 Å². The lowest BCUT2D eigenvalue weighted by atomic mass is 9.90. The number of allylic oxidation sites excluding steroid dienone is 4. The van der Waals surface area contributed by atoms with Crippen LogP contribution in [0.1, 0.15) is 25.3 Å². The van der Waals surface area contributed by atoms with Crippen molar-refractivity contribution >= 4 is 11.4 Å². The second-order valence-electron chi connectivity index (χ2n) is 8.85. The number of nitrogens with two attached hydrogens (primary N) is 1. The first-order chi connectivity index (χ1) is 17.1. The van der Waals surface area contributed by atoms with Crippen LogP contribution < -0.4 is 11.1 Å². The molecule has 0 radical (unpaired) electrons. The Labute approximate surface area is 206 Å². The Bertz CT molecular complexity index is 1500. The summed E-state index contributed by atoms with van der Waals surface area (Å²) in [7, 11) is 0. The monoisotopic (exact) mass is 453 g/mol. The van der Waals surface area contributed by atoms with Gasteiger partial charge in [0.25, 0.3) is 0 Å². The molecule has 3 nitrogen and oxygen atoms in total. The van der Waals surface area contributed by atoms with Crippen LogP contribution in [0.5, 0.6) is 0 Å². The van der Waals surface area contributed by atoms with Gasteiger partial charge >= 0.3 is 0 Å². The van der Waals surface area contributed by atoms with Crippen molar-refractivity contribution in [3.05, 3.63) is 120 Å². The number of para-hydroxylation sites is 1. The maximum absolute atomic E-state index is 9.55. The van der Waals surface area contributed by atoms with Gasteiger partial charge in [0.1, 0.15) is 0 Å². The van der Waals surface area contributed by atoms with Gasteiger partial charge in [0.05, 0.1) is 11.6 Å². The van der Waals surface area contributed by atoms with Crippen molar-refractivity contribution in [2.24, 2.45) is 0 Å². The topological polar surface area (TPSA) is 61.8 Å². The number of nitrogen functional groups attached to an aromatic ring is 1. The number of benzene rings is 4. The first-order valence-corrected chi connectivity index (χ1v) is 11.9. The van der Waals surface area contributed by atoms with Crippen molar-refractivity contribution in [1.29, 1.82) is 5.26 Å². The predicted octanol–water partition coefficient (Wildman–Crippen LogP) is 8.18. The Morgan fingerprint density at radius 1 is 0.771 bits per heavy atom. The first-order valence-electron chi connectivity index (χ1n) is 11.9. The number of hydrogen-bond donors (Lipinski definition) is 2. The Balaban J connectivity index is 1.55. The number of nitriles is 1. The molecule has 0 aromatic heterocycles. The van der Waals surface area contributed by atoms with E-state index in [9.17, 15) is 5.26 Å². The van der Waals surface area contributed by atoms with E-state index in [0.717, 1.165) is 57.6 Å². The van der Waals surface area contributed by atoms with Gasteiger partial charge in [-0.2, -0.15) is 5.26 Å². The molecule has 0 saturated heterocycles. The SMILES string of the molecule is CC1=C(Nc2cccc(-c3cccc(-c4cc(C#N)ccc4-c4ccccc4N)c3)c2)CCC=C1. The molecule has 3 N–H and O–H groups in total. The maximum Gasteiger partial charge on any atom is 0.0991 e. The molecule has 0 atom stereocenters. The first kappa shape index (κ1) is 22.3. The molecule has 0 fully saturated rings. The summed E-state index contributed by atoms with van der Waals surface area (Å²) in [6, 6.07) is 32.9. The highest BCUT2D eigenvalue weighted by atomic mass is 14.9. The quantitative estimate of drug-likeness (QED) is 0.300. The van der Waals surface area contributed by atoms with Crippen molar-refractivity contribution in [2.45, 2.75) is 19.8 Å². The van der Waals surface area contributed by atoms with Crippen molar-refractivity contribution in [2.75, 3.05) is 11.1 Å². The Morgan fingerprint density at radius 3 is 2.34 bits per heavy atom. The normalized spacial score (nSPS) is 12.9. The molecule has 4 aromatic rings. The number of anilines is 2. The predicted molar refractivity (Wildman–Crippen MR) is 147 cm³/mol. The van der Waals surface area contributed by atoms with E-state index in [1.54, 1.807) is 0 Å². The molecular weight excluding hydrogens is 426 g/mol. The summed E-state index contributed by atoms with van der Waals surface area (Å²) in [4.78, 5) is 0. The van der Waals surface area contributed by atoms with E-state index in [1.807, 2.05) is 42.5 Å². The van der Waals surface area contributed by atoms with Gasteiger partial charge in [0.15, 0.2) is 0 Å². The molecule has 35 heavy (non-hydrogen) atoms. The fourth-order valence-corrected chi connectivity index (χ4v) is 4.59. The summed E-state index contributed by atoms with van der Waals surface area (Å²) in [5.41, 5.74) is 17.6. The third-order valence-electron chi connectivity index (χ3n) is 6.47. The number of rotatable bonds is 5. The summed E-state index contributed by atoms with van der Waals surface area (Å²) in [5, 5.41) is 13.2. The minimum absolute atomic E-state index is 0.625. The minimum atomic E-state index is 0.625. The highest BCUT2D eigenvalue weighted by Crippen LogP contribution is 2.37. The Kier molecular flexibility index (Phi) is 6.20. The lowest BCUT2D eigenvalue weighted by Crippen LogP contribution is -2.04. The molecule has 170 valence electrons. The lowest BCUT2D eigenvalue weighted by Gasteiger charge is -2.17. The molecule has 3 heteroatoms. The summed E-state index contributed by atoms with van der Waals surface area (Å²) in [5.74, 6) is 0. The van der Waals surface area contributed by atoms with Gasteiger partial charge in [-0.25, -0.2) is 0 Å². The molecule has 0 heterocycles. The fourth-order valence-electron chi connectivity index (χ4n) is 4.59. The van der Waals surface area contributed by atoms with Crippen LogP contribution in [0.3, 0.4) is 0 Å². The van der Waals surface area contributed by atoms with E-state index in [-0.39, 0.29) is 0 Å². The highest BCUT2D eigenvalue weighted by molar-refractivity contribution is 5.90. The Hall–Kier alpha value is -4.55. The van der Waals surface area contributed by atoms with Gasteiger partial charge in [-0.3, -0.25) is 0 Å². The van der Waals surface area contributed by atoms with E-state index >= 15 is 0 Å². The van der Waals surface area contributed by atoms with Gasteiger partial charge in [-0.15, -0.1) is 0 Å². The van der Waals surface area contributed by atoms with Crippen LogP contribution >= 0.6 is 0 Å². The molecule has 0 amide bonds. The zero-order valence-electron chi connectivity index (χ0n) is 19.8. The van der Waals surface area contributed by atoms with E-state index in [2.05, 4.69) is 79.0 Å². The average Bonchev–Trinajstić information content (AvgIpc) is 2.90. The van der Waals surface area contributed by atoms with Gasteiger partial charge in [0.2, 0.25) is 0 Å². The van der Waals surface area contributed by atoms with Crippen LogP contribution in [0, 0.1) is 11.3 Å². The molecular formula is C32H27N3. The second kappa shape index (κ2) is 9.75. The van der Waals surface area contributed by atoms with Crippen LogP contribution in [0.2, 0.25) is 0 Å². The van der Waals surface area contributed by atoms with E-state index < -0.39 is 0 Å². The van der Waals surface area contributed by atoms with Gasteiger partial charge in [0, 0.05) is 22.6 Å². The number of hydrogen-bond acceptors (Lipinski definition) is 3. The molecule has 0 spiro atoms. The zero-order valence-corrected chi connectivity index (χ0v) is 19.8. The lowest BCUT2D eigenvalue weighted by molar-refractivity contribution is 0.945. The molecule has 0 bridgehead atoms. The van der Waals surface area contributed by atoms with E-state index in [0.29, 0.717) is 5.56 Å². The summed E-state index contributed by atoms with van der Waals surface area (Å²) >= 11 is 0. The largest absolute Gasteiger partial charge is 0.398 e. The smallest absolute Gasteiger partial charge is 0.0991 e. The van der Waals surface area contributed by atoms with Crippen LogP contribution in [0.25, 0.3) is 33.4 Å². The molecule has 0 aliphatic heterocycles. The minimum Gasteiger partial charge on any atom is -0.398 e. The molecule has 0 unspecified atom stereocenters. The number of nitrogens with one attached hydrogen (secondary N) is 1. The third-order valence-corrected chi connectivity index (χ3v) is 6.47. The van der Waals surface area contributed by atoms with Gasteiger partial charge < -0.3 is 11.1 Å². The van der Waals surface area contributed by atoms with Crippen LogP contribution in [-0.2, 0) is 0 Å². The average molecular weight is 454 g/mol. The molecule has 1 aliphatic carbocycles. The van der Waals surface area contributed by atoms with Crippen molar-refractivity contribution in [3.63, 3.8) is 0 Å². The van der Waals surface area contributed by atoms with Crippen molar-refractivity contribution in [3.8, 4) is 39.4 Å². The summed E-state index contributed by atoms with van der Waals surface area (Å²) in [6.07, 6.45) is 6.51. The van der Waals surface area contributed by atoms with Crippen LogP contribution in [0.4, 0.5) is 11.4 Å². The number of nitrogens with zero attached hydrogens (tertiary/aromatic N) is 1. The third kappa shape index (κ3) is 4.74. The summed E-state index contributed by atoms with van der Waals surface area (Å²) < 4.78 is 0. The van der Waals surface area contributed by atoms with E-state index in [4.69, 9.17) is 5.73 Å². The van der Waals surface area contributed by atoms with Gasteiger partial charge in [-0.1, -0.05) is 66.7 Å². The van der Waals surface area contributed by atoms with Crippen molar-refractivity contribution < 1.29 is 0 Å². The summed E-state index contributed by atoms with van der Waals surface area (Å²) in [6.45, 7) is 2.15. The Morgan fingerprint density at radius 2 is 1.54 bits per heavy atom.